The van der Waals surface area contributed by atoms with Crippen LogP contribution in [0.3, 0.4) is 0 Å². The Bertz CT molecular complexity index is 439. The van der Waals surface area contributed by atoms with Gasteiger partial charge in [0.2, 0.25) is 5.91 Å². The lowest BCUT2D eigenvalue weighted by Gasteiger charge is -2.26. The SMILES string of the molecule is CCN(CC)Cc1cccc(NC(=O)CC2CNC2)c1. The van der Waals surface area contributed by atoms with Crippen molar-refractivity contribution < 1.29 is 4.79 Å². The van der Waals surface area contributed by atoms with Gasteiger partial charge in [0.05, 0.1) is 0 Å². The van der Waals surface area contributed by atoms with Gasteiger partial charge in [-0.3, -0.25) is 9.69 Å². The predicted molar refractivity (Wildman–Crippen MR) is 82.7 cm³/mol. The first-order chi connectivity index (χ1) is 9.71. The predicted octanol–water partition coefficient (Wildman–Crippen LogP) is 2.08. The van der Waals surface area contributed by atoms with Crippen molar-refractivity contribution in [1.29, 1.82) is 0 Å². The van der Waals surface area contributed by atoms with Crippen molar-refractivity contribution in [2.45, 2.75) is 26.8 Å². The van der Waals surface area contributed by atoms with Gasteiger partial charge in [-0.15, -0.1) is 0 Å². The number of nitrogens with one attached hydrogen (secondary N) is 2. The zero-order valence-corrected chi connectivity index (χ0v) is 12.5. The lowest BCUT2D eigenvalue weighted by molar-refractivity contribution is -0.117. The van der Waals surface area contributed by atoms with E-state index in [1.54, 1.807) is 0 Å². The Morgan fingerprint density at radius 2 is 2.10 bits per heavy atom. The summed E-state index contributed by atoms with van der Waals surface area (Å²) in [6.07, 6.45) is 0.618. The summed E-state index contributed by atoms with van der Waals surface area (Å²) in [6.45, 7) is 9.29. The van der Waals surface area contributed by atoms with E-state index in [-0.39, 0.29) is 5.91 Å². The second-order valence-electron chi connectivity index (χ2n) is 5.44. The Kier molecular flexibility index (Phi) is 5.56. The number of nitrogens with zero attached hydrogens (tertiary/aromatic N) is 1. The van der Waals surface area contributed by atoms with Crippen LogP contribution in [0.15, 0.2) is 24.3 Å². The Balaban J connectivity index is 1.89. The number of benzene rings is 1. The van der Waals surface area contributed by atoms with Crippen LogP contribution < -0.4 is 10.6 Å². The van der Waals surface area contributed by atoms with Crippen LogP contribution in [0.5, 0.6) is 0 Å². The molecule has 2 rings (SSSR count). The van der Waals surface area contributed by atoms with Gasteiger partial charge in [-0.05, 0) is 49.8 Å². The molecule has 2 N–H and O–H groups in total. The molecule has 0 spiro atoms. The minimum Gasteiger partial charge on any atom is -0.326 e. The van der Waals surface area contributed by atoms with Crippen LogP contribution in [-0.2, 0) is 11.3 Å². The van der Waals surface area contributed by atoms with Crippen LogP contribution in [0, 0.1) is 5.92 Å². The number of rotatable bonds is 7. The summed E-state index contributed by atoms with van der Waals surface area (Å²) in [4.78, 5) is 14.3. The fraction of sp³-hybridized carbons (Fsp3) is 0.562. The number of hydrogen-bond acceptors (Lipinski definition) is 3. The van der Waals surface area contributed by atoms with Crippen molar-refractivity contribution in [3.63, 3.8) is 0 Å². The molecule has 0 aliphatic carbocycles. The molecule has 0 radical (unpaired) electrons. The smallest absolute Gasteiger partial charge is 0.224 e. The molecule has 4 nitrogen and oxygen atoms in total. The normalized spacial score (nSPS) is 15.2. The van der Waals surface area contributed by atoms with Crippen molar-refractivity contribution >= 4 is 11.6 Å². The minimum absolute atomic E-state index is 0.122. The Labute approximate surface area is 121 Å². The molecule has 1 fully saturated rings. The molecule has 1 saturated heterocycles. The highest BCUT2D eigenvalue weighted by Crippen LogP contribution is 2.15. The van der Waals surface area contributed by atoms with Crippen LogP contribution in [-0.4, -0.2) is 37.0 Å². The summed E-state index contributed by atoms with van der Waals surface area (Å²) in [5.74, 6) is 0.630. The first-order valence-corrected chi connectivity index (χ1v) is 7.53. The monoisotopic (exact) mass is 275 g/mol. The highest BCUT2D eigenvalue weighted by atomic mass is 16.1. The van der Waals surface area contributed by atoms with Crippen LogP contribution in [0.4, 0.5) is 5.69 Å². The van der Waals surface area contributed by atoms with Gasteiger partial charge in [0.1, 0.15) is 0 Å². The second-order valence-corrected chi connectivity index (χ2v) is 5.44. The van der Waals surface area contributed by atoms with Crippen molar-refractivity contribution in [2.24, 2.45) is 5.92 Å². The number of hydrogen-bond donors (Lipinski definition) is 2. The molecule has 1 amide bonds. The van der Waals surface area contributed by atoms with Gasteiger partial charge in [-0.25, -0.2) is 0 Å². The Morgan fingerprint density at radius 3 is 2.70 bits per heavy atom. The molecule has 1 aromatic rings. The van der Waals surface area contributed by atoms with Gasteiger partial charge in [0.15, 0.2) is 0 Å². The molecular weight excluding hydrogens is 250 g/mol. The minimum atomic E-state index is 0.122. The molecule has 0 atom stereocenters. The van der Waals surface area contributed by atoms with Gasteiger partial charge in [0, 0.05) is 18.7 Å². The van der Waals surface area contributed by atoms with Crippen molar-refractivity contribution in [2.75, 3.05) is 31.5 Å². The van der Waals surface area contributed by atoms with Crippen LogP contribution in [0.1, 0.15) is 25.8 Å². The first-order valence-electron chi connectivity index (χ1n) is 7.53. The van der Waals surface area contributed by atoms with Gasteiger partial charge in [-0.1, -0.05) is 26.0 Å². The fourth-order valence-electron chi connectivity index (χ4n) is 2.42. The summed E-state index contributed by atoms with van der Waals surface area (Å²) >= 11 is 0. The van der Waals surface area contributed by atoms with Gasteiger partial charge in [0.25, 0.3) is 0 Å². The van der Waals surface area contributed by atoms with Gasteiger partial charge < -0.3 is 10.6 Å². The summed E-state index contributed by atoms with van der Waals surface area (Å²) in [7, 11) is 0. The number of anilines is 1. The first kappa shape index (κ1) is 15.0. The lowest BCUT2D eigenvalue weighted by Crippen LogP contribution is -2.43. The van der Waals surface area contributed by atoms with E-state index in [0.717, 1.165) is 38.4 Å². The van der Waals surface area contributed by atoms with Crippen molar-refractivity contribution in [3.8, 4) is 0 Å². The van der Waals surface area contributed by atoms with Crippen LogP contribution in [0.25, 0.3) is 0 Å². The van der Waals surface area contributed by atoms with E-state index < -0.39 is 0 Å². The molecular formula is C16H25N3O. The zero-order chi connectivity index (χ0) is 14.4. The number of carbonyl (C=O) groups excluding carboxylic acids is 1. The van der Waals surface area contributed by atoms with E-state index in [9.17, 15) is 4.79 Å². The molecule has 0 saturated carbocycles. The summed E-state index contributed by atoms with van der Waals surface area (Å²) < 4.78 is 0. The molecule has 4 heteroatoms. The average molecular weight is 275 g/mol. The van der Waals surface area contributed by atoms with E-state index in [2.05, 4.69) is 41.5 Å². The maximum absolute atomic E-state index is 11.9. The molecule has 1 aliphatic rings. The standard InChI is InChI=1S/C16H25N3O/c1-3-19(4-2)12-13-6-5-7-15(8-13)18-16(20)9-14-10-17-11-14/h5-8,14,17H,3-4,9-12H2,1-2H3,(H,18,20). The molecule has 0 unspecified atom stereocenters. The Hall–Kier alpha value is -1.39. The third-order valence-corrected chi connectivity index (χ3v) is 3.85. The van der Waals surface area contributed by atoms with Gasteiger partial charge in [-0.2, -0.15) is 0 Å². The quantitative estimate of drug-likeness (QED) is 0.801. The fourth-order valence-corrected chi connectivity index (χ4v) is 2.42. The Morgan fingerprint density at radius 1 is 1.35 bits per heavy atom. The lowest BCUT2D eigenvalue weighted by atomic mass is 9.99. The summed E-state index contributed by atoms with van der Waals surface area (Å²) in [5, 5.41) is 6.19. The third-order valence-electron chi connectivity index (χ3n) is 3.85. The van der Waals surface area contributed by atoms with Crippen LogP contribution >= 0.6 is 0 Å². The molecule has 20 heavy (non-hydrogen) atoms. The van der Waals surface area contributed by atoms with Crippen molar-refractivity contribution in [1.82, 2.24) is 10.2 Å². The van der Waals surface area contributed by atoms with E-state index in [1.807, 2.05) is 12.1 Å². The summed E-state index contributed by atoms with van der Waals surface area (Å²) in [6, 6.07) is 8.17. The van der Waals surface area contributed by atoms with E-state index in [0.29, 0.717) is 12.3 Å². The third kappa shape index (κ3) is 4.32. The second kappa shape index (κ2) is 7.41. The maximum Gasteiger partial charge on any atom is 0.224 e. The highest BCUT2D eigenvalue weighted by Gasteiger charge is 2.20. The van der Waals surface area contributed by atoms with E-state index >= 15 is 0 Å². The molecule has 1 aliphatic heterocycles. The molecule has 0 aromatic heterocycles. The highest BCUT2D eigenvalue weighted by molar-refractivity contribution is 5.91. The van der Waals surface area contributed by atoms with Gasteiger partial charge >= 0.3 is 0 Å². The zero-order valence-electron chi connectivity index (χ0n) is 12.5. The molecule has 110 valence electrons. The largest absolute Gasteiger partial charge is 0.326 e. The number of carbonyl (C=O) groups is 1. The summed E-state index contributed by atoms with van der Waals surface area (Å²) in [5.41, 5.74) is 2.16. The number of amides is 1. The molecule has 1 aromatic carbocycles. The van der Waals surface area contributed by atoms with E-state index in [4.69, 9.17) is 0 Å². The maximum atomic E-state index is 11.9. The molecule has 0 bridgehead atoms. The average Bonchev–Trinajstić information content (AvgIpc) is 2.41. The van der Waals surface area contributed by atoms with E-state index in [1.165, 1.54) is 5.56 Å². The molecule has 1 heterocycles. The van der Waals surface area contributed by atoms with Crippen LogP contribution in [0.2, 0.25) is 0 Å². The van der Waals surface area contributed by atoms with Crippen molar-refractivity contribution in [3.05, 3.63) is 29.8 Å². The topological polar surface area (TPSA) is 44.4 Å².